The van der Waals surface area contributed by atoms with Crippen molar-refractivity contribution in [1.29, 1.82) is 0 Å². The second-order valence-corrected chi connectivity index (χ2v) is 7.25. The minimum atomic E-state index is -1.82. The van der Waals surface area contributed by atoms with Crippen LogP contribution >= 0.6 is 11.3 Å². The third-order valence-electron chi connectivity index (χ3n) is 4.19. The Balaban J connectivity index is 1.92. The summed E-state index contributed by atoms with van der Waals surface area (Å²) in [5.74, 6) is -3.37. The van der Waals surface area contributed by atoms with Crippen LogP contribution in [-0.4, -0.2) is 27.6 Å². The van der Waals surface area contributed by atoms with Crippen molar-refractivity contribution >= 4 is 44.2 Å². The number of hydrogen-bond acceptors (Lipinski definition) is 5. The van der Waals surface area contributed by atoms with Crippen molar-refractivity contribution in [2.75, 3.05) is 4.90 Å². The van der Waals surface area contributed by atoms with Crippen LogP contribution in [0.4, 0.5) is 19.6 Å². The number of nitrogens with zero attached hydrogens (tertiary/aromatic N) is 2. The minimum absolute atomic E-state index is 0.113. The van der Waals surface area contributed by atoms with E-state index in [-0.39, 0.29) is 16.6 Å². The van der Waals surface area contributed by atoms with Gasteiger partial charge in [-0.25, -0.2) is 18.7 Å². The Kier molecular flexibility index (Phi) is 3.84. The van der Waals surface area contributed by atoms with Gasteiger partial charge in [-0.3, -0.25) is 9.59 Å². The molecule has 1 N–H and O–H groups in total. The number of thiazole rings is 1. The molecule has 2 aromatic carbocycles. The second kappa shape index (κ2) is 5.98. The predicted octanol–water partition coefficient (Wildman–Crippen LogP) is 3.87. The van der Waals surface area contributed by atoms with E-state index >= 15 is 0 Å². The smallest absolute Gasteiger partial charge is 0.307 e. The zero-order valence-corrected chi connectivity index (χ0v) is 14.7. The lowest BCUT2D eigenvalue weighted by molar-refractivity contribution is -0.148. The number of carboxylic acid groups (broad SMARTS) is 1. The Hall–Kier alpha value is -3.07. The molecule has 27 heavy (non-hydrogen) atoms. The highest BCUT2D eigenvalue weighted by atomic mass is 32.1. The number of rotatable bonds is 3. The molecule has 1 unspecified atom stereocenters. The van der Waals surface area contributed by atoms with Gasteiger partial charge in [0.15, 0.2) is 22.3 Å². The van der Waals surface area contributed by atoms with Crippen molar-refractivity contribution in [2.45, 2.75) is 18.9 Å². The van der Waals surface area contributed by atoms with Crippen LogP contribution in [0.3, 0.4) is 0 Å². The molecule has 0 saturated carbocycles. The van der Waals surface area contributed by atoms with Gasteiger partial charge >= 0.3 is 5.97 Å². The van der Waals surface area contributed by atoms with Crippen LogP contribution in [0.5, 0.6) is 5.75 Å². The first-order valence-electron chi connectivity index (χ1n) is 7.88. The highest BCUT2D eigenvalue weighted by Gasteiger charge is 2.48. The molecule has 2 heterocycles. The maximum absolute atomic E-state index is 14.3. The first kappa shape index (κ1) is 17.3. The van der Waals surface area contributed by atoms with Gasteiger partial charge in [-0.1, -0.05) is 17.4 Å². The molecular weight excluding hydrogens is 378 g/mol. The lowest BCUT2D eigenvalue weighted by atomic mass is 9.97. The molecule has 1 aliphatic rings. The molecule has 0 aliphatic carbocycles. The topological polar surface area (TPSA) is 79.7 Å². The fourth-order valence-corrected chi connectivity index (χ4v) is 3.96. The van der Waals surface area contributed by atoms with E-state index < -0.39 is 35.5 Å². The van der Waals surface area contributed by atoms with E-state index in [9.17, 15) is 18.4 Å². The van der Waals surface area contributed by atoms with Crippen molar-refractivity contribution in [2.24, 2.45) is 0 Å². The third-order valence-corrected chi connectivity index (χ3v) is 5.19. The van der Waals surface area contributed by atoms with Gasteiger partial charge in [0.05, 0.1) is 22.3 Å². The minimum Gasteiger partial charge on any atom is -0.481 e. The Bertz CT molecular complexity index is 1100. The van der Waals surface area contributed by atoms with E-state index in [2.05, 4.69) is 4.98 Å². The first-order valence-corrected chi connectivity index (χ1v) is 8.70. The first-order chi connectivity index (χ1) is 12.8. The molecule has 3 aromatic rings. The second-order valence-electron chi connectivity index (χ2n) is 6.24. The van der Waals surface area contributed by atoms with Crippen molar-refractivity contribution in [3.63, 3.8) is 0 Å². The monoisotopic (exact) mass is 390 g/mol. The predicted molar refractivity (Wildman–Crippen MR) is 94.4 cm³/mol. The Morgan fingerprint density at radius 3 is 2.85 bits per heavy atom. The van der Waals surface area contributed by atoms with Gasteiger partial charge < -0.3 is 9.84 Å². The number of carbonyl (C=O) groups excluding carboxylic acids is 1. The van der Waals surface area contributed by atoms with Gasteiger partial charge in [0, 0.05) is 0 Å². The van der Waals surface area contributed by atoms with Crippen molar-refractivity contribution in [3.8, 4) is 5.75 Å². The number of carbonyl (C=O) groups is 2. The molecule has 1 aliphatic heterocycles. The maximum atomic E-state index is 14.3. The van der Waals surface area contributed by atoms with Crippen LogP contribution in [0, 0.1) is 11.6 Å². The molecule has 138 valence electrons. The summed E-state index contributed by atoms with van der Waals surface area (Å²) in [6.07, 6.45) is -0.657. The molecule has 9 heteroatoms. The highest BCUT2D eigenvalue weighted by molar-refractivity contribution is 7.22. The number of halogens is 2. The van der Waals surface area contributed by atoms with E-state index in [4.69, 9.17) is 9.84 Å². The summed E-state index contributed by atoms with van der Waals surface area (Å²) in [6.45, 7) is 1.29. The summed E-state index contributed by atoms with van der Waals surface area (Å²) in [5, 5.41) is 9.34. The molecule has 1 amide bonds. The average Bonchev–Trinajstić information content (AvgIpc) is 2.99. The van der Waals surface area contributed by atoms with Crippen LogP contribution in [-0.2, 0) is 9.59 Å². The zero-order chi connectivity index (χ0) is 19.3. The summed E-state index contributed by atoms with van der Waals surface area (Å²) in [6, 6.07) is 8.04. The standard InChI is InChI=1S/C18H12F2N2O4S/c1-18(8-14(23)24)16(25)22(12-4-2-3-10(20)15(12)26-18)17-21-11-6-5-9(19)7-13(11)27-17/h2-7H,8H2,1H3,(H,23,24). The van der Waals surface area contributed by atoms with Gasteiger partial charge in [-0.15, -0.1) is 0 Å². The number of benzene rings is 2. The van der Waals surface area contributed by atoms with Gasteiger partial charge in [0.1, 0.15) is 5.82 Å². The van der Waals surface area contributed by atoms with E-state index in [1.165, 1.54) is 37.3 Å². The molecule has 1 atom stereocenters. The summed E-state index contributed by atoms with van der Waals surface area (Å²) in [4.78, 5) is 29.8. The number of anilines is 2. The number of carboxylic acids is 1. The van der Waals surface area contributed by atoms with Gasteiger partial charge in [-0.05, 0) is 37.3 Å². The van der Waals surface area contributed by atoms with E-state index in [1.54, 1.807) is 0 Å². The molecule has 1 aromatic heterocycles. The van der Waals surface area contributed by atoms with Crippen molar-refractivity contribution in [3.05, 3.63) is 48.0 Å². The van der Waals surface area contributed by atoms with Gasteiger partial charge in [0.2, 0.25) is 0 Å². The Morgan fingerprint density at radius 2 is 2.11 bits per heavy atom. The molecular formula is C18H12F2N2O4S. The molecule has 0 bridgehead atoms. The average molecular weight is 390 g/mol. The van der Waals surface area contributed by atoms with Crippen LogP contribution in [0.25, 0.3) is 10.2 Å². The maximum Gasteiger partial charge on any atom is 0.307 e. The Labute approximate surface area is 155 Å². The summed E-state index contributed by atoms with van der Waals surface area (Å²) in [7, 11) is 0. The number of ether oxygens (including phenoxy) is 1. The van der Waals surface area contributed by atoms with Gasteiger partial charge in [0.25, 0.3) is 5.91 Å². The van der Waals surface area contributed by atoms with E-state index in [0.717, 1.165) is 22.3 Å². The number of amides is 1. The molecule has 0 spiro atoms. The van der Waals surface area contributed by atoms with Crippen molar-refractivity contribution in [1.82, 2.24) is 4.98 Å². The summed E-state index contributed by atoms with van der Waals surface area (Å²) < 4.78 is 33.8. The van der Waals surface area contributed by atoms with Crippen molar-refractivity contribution < 1.29 is 28.2 Å². The number of hydrogen-bond donors (Lipinski definition) is 1. The highest BCUT2D eigenvalue weighted by Crippen LogP contribution is 2.46. The molecule has 0 fully saturated rings. The Morgan fingerprint density at radius 1 is 1.33 bits per heavy atom. The van der Waals surface area contributed by atoms with Crippen LogP contribution < -0.4 is 9.64 Å². The molecule has 0 radical (unpaired) electrons. The lowest BCUT2D eigenvalue weighted by Crippen LogP contribution is -2.54. The van der Waals surface area contributed by atoms with E-state index in [1.807, 2.05) is 0 Å². The fraction of sp³-hybridized carbons (Fsp3) is 0.167. The zero-order valence-electron chi connectivity index (χ0n) is 13.9. The normalized spacial score (nSPS) is 19.1. The van der Waals surface area contributed by atoms with Crippen LogP contribution in [0.1, 0.15) is 13.3 Å². The summed E-state index contributed by atoms with van der Waals surface area (Å²) >= 11 is 1.04. The number of fused-ring (bicyclic) bond motifs is 2. The lowest BCUT2D eigenvalue weighted by Gasteiger charge is -2.38. The SMILES string of the molecule is CC1(CC(=O)O)Oc2c(F)cccc2N(c2nc3ccc(F)cc3s2)C1=O. The fourth-order valence-electron chi connectivity index (χ4n) is 2.96. The third kappa shape index (κ3) is 2.80. The van der Waals surface area contributed by atoms with E-state index in [0.29, 0.717) is 10.2 Å². The van der Waals surface area contributed by atoms with Gasteiger partial charge in [-0.2, -0.15) is 0 Å². The summed E-state index contributed by atoms with van der Waals surface area (Å²) in [5.41, 5.74) is -1.24. The quantitative estimate of drug-likeness (QED) is 0.735. The molecule has 0 saturated heterocycles. The number of para-hydroxylation sites is 1. The number of aromatic nitrogens is 1. The molecule has 6 nitrogen and oxygen atoms in total. The molecule has 4 rings (SSSR count). The largest absolute Gasteiger partial charge is 0.481 e. The number of aliphatic carboxylic acids is 1. The van der Waals surface area contributed by atoms with Crippen LogP contribution in [0.15, 0.2) is 36.4 Å². The van der Waals surface area contributed by atoms with Crippen LogP contribution in [0.2, 0.25) is 0 Å².